The van der Waals surface area contributed by atoms with E-state index in [1.165, 1.54) is 22.4 Å². The summed E-state index contributed by atoms with van der Waals surface area (Å²) in [6, 6.07) is 8.74. The molecule has 0 atom stereocenters. The Balaban J connectivity index is 2.42. The van der Waals surface area contributed by atoms with E-state index in [0.29, 0.717) is 0 Å². The highest BCUT2D eigenvalue weighted by Crippen LogP contribution is 2.28. The maximum absolute atomic E-state index is 4.73. The van der Waals surface area contributed by atoms with Gasteiger partial charge in [-0.3, -0.25) is 0 Å². The van der Waals surface area contributed by atoms with Crippen molar-refractivity contribution in [3.63, 3.8) is 0 Å². The minimum absolute atomic E-state index is 0.0341. The molecule has 1 aliphatic rings. The quantitative estimate of drug-likeness (QED) is 0.838. The average Bonchev–Trinajstić information content (AvgIpc) is 2.29. The van der Waals surface area contributed by atoms with Crippen LogP contribution in [0.5, 0.6) is 0 Å². The first-order valence-electron chi connectivity index (χ1n) is 6.98. The van der Waals surface area contributed by atoms with Gasteiger partial charge in [0.05, 0.1) is 0 Å². The lowest BCUT2D eigenvalue weighted by Crippen LogP contribution is -2.36. The predicted molar refractivity (Wildman–Crippen MR) is 83.3 cm³/mol. The maximum Gasteiger partial charge on any atom is 0.130 e. The van der Waals surface area contributed by atoms with Gasteiger partial charge in [-0.15, -0.1) is 0 Å². The molecule has 0 amide bonds. The Morgan fingerprint density at radius 2 is 1.63 bits per heavy atom. The van der Waals surface area contributed by atoms with Crippen molar-refractivity contribution in [3.05, 3.63) is 41.2 Å². The van der Waals surface area contributed by atoms with Gasteiger partial charge in [-0.1, -0.05) is 29.8 Å². The Hall–Kier alpha value is -1.57. The topological polar surface area (TPSA) is 24.4 Å². The van der Waals surface area contributed by atoms with Crippen LogP contribution in [0.4, 0.5) is 0 Å². The highest BCUT2D eigenvalue weighted by atomic mass is 15.1. The van der Waals surface area contributed by atoms with Crippen LogP contribution in [0, 0.1) is 6.92 Å². The van der Waals surface area contributed by atoms with E-state index < -0.39 is 0 Å². The molecule has 19 heavy (non-hydrogen) atoms. The second-order valence-corrected chi connectivity index (χ2v) is 6.42. The number of nitrogens with one attached hydrogen (secondary N) is 1. The third-order valence-corrected chi connectivity index (χ3v) is 3.22. The Kier molecular flexibility index (Phi) is 3.79. The first kappa shape index (κ1) is 13.9. The molecule has 1 aromatic rings. The second kappa shape index (κ2) is 5.20. The number of allylic oxidation sites excluding steroid dienone is 1. The molecular weight excluding hydrogens is 232 g/mol. The molecule has 2 rings (SSSR count). The molecule has 0 saturated heterocycles. The highest BCUT2D eigenvalue weighted by Gasteiger charge is 2.19. The Bertz CT molecular complexity index is 513. The van der Waals surface area contributed by atoms with Gasteiger partial charge in [-0.05, 0) is 53.0 Å². The number of hydrogen-bond donors (Lipinski definition) is 1. The molecule has 1 aliphatic heterocycles. The molecule has 1 heterocycles. The largest absolute Gasteiger partial charge is 0.365 e. The van der Waals surface area contributed by atoms with Gasteiger partial charge < -0.3 is 5.32 Å². The number of nitrogens with zero attached hydrogens (tertiary/aromatic N) is 1. The van der Waals surface area contributed by atoms with Gasteiger partial charge in [-0.25, -0.2) is 4.99 Å². The normalized spacial score (nSPS) is 16.4. The molecule has 0 spiro atoms. The fourth-order valence-corrected chi connectivity index (χ4v) is 2.23. The summed E-state index contributed by atoms with van der Waals surface area (Å²) in [6.07, 6.45) is 2.12. The van der Waals surface area contributed by atoms with Gasteiger partial charge in [0.15, 0.2) is 0 Å². The molecule has 2 heteroatoms. The van der Waals surface area contributed by atoms with E-state index in [4.69, 9.17) is 4.99 Å². The van der Waals surface area contributed by atoms with Crippen molar-refractivity contribution in [2.24, 2.45) is 4.99 Å². The molecule has 0 aromatic heterocycles. The smallest absolute Gasteiger partial charge is 0.130 e. The fourth-order valence-electron chi connectivity index (χ4n) is 2.23. The summed E-state index contributed by atoms with van der Waals surface area (Å²) < 4.78 is 0. The summed E-state index contributed by atoms with van der Waals surface area (Å²) in [7, 11) is 0. The molecule has 102 valence electrons. The average molecular weight is 256 g/mol. The SMILES string of the molecule is CC1=NC(NC(C)(C)C)=C(c2ccc(C)cc2)CC1. The summed E-state index contributed by atoms with van der Waals surface area (Å²) >= 11 is 0. The van der Waals surface area contributed by atoms with E-state index in [-0.39, 0.29) is 5.54 Å². The van der Waals surface area contributed by atoms with Gasteiger partial charge in [0, 0.05) is 16.8 Å². The molecule has 0 fully saturated rings. The Morgan fingerprint density at radius 1 is 1.00 bits per heavy atom. The van der Waals surface area contributed by atoms with Crippen molar-refractivity contribution in [2.45, 2.75) is 53.0 Å². The van der Waals surface area contributed by atoms with Crippen LogP contribution in [0.1, 0.15) is 51.7 Å². The first-order valence-corrected chi connectivity index (χ1v) is 6.98. The van der Waals surface area contributed by atoms with E-state index >= 15 is 0 Å². The maximum atomic E-state index is 4.73. The van der Waals surface area contributed by atoms with Gasteiger partial charge in [0.25, 0.3) is 0 Å². The third-order valence-electron chi connectivity index (χ3n) is 3.22. The summed E-state index contributed by atoms with van der Waals surface area (Å²) in [5.41, 5.74) is 5.16. The van der Waals surface area contributed by atoms with Crippen molar-refractivity contribution < 1.29 is 0 Å². The van der Waals surface area contributed by atoms with E-state index in [1.807, 2.05) is 0 Å². The molecule has 0 radical (unpaired) electrons. The zero-order chi connectivity index (χ0) is 14.0. The summed E-state index contributed by atoms with van der Waals surface area (Å²) in [5.74, 6) is 1.04. The van der Waals surface area contributed by atoms with Gasteiger partial charge >= 0.3 is 0 Å². The predicted octanol–water partition coefficient (Wildman–Crippen LogP) is 4.31. The lowest BCUT2D eigenvalue weighted by molar-refractivity contribution is 0.470. The molecule has 2 nitrogen and oxygen atoms in total. The van der Waals surface area contributed by atoms with Crippen LogP contribution in [0.25, 0.3) is 5.57 Å². The molecule has 0 unspecified atom stereocenters. The van der Waals surface area contributed by atoms with Crippen molar-refractivity contribution in [2.75, 3.05) is 0 Å². The summed E-state index contributed by atoms with van der Waals surface area (Å²) in [4.78, 5) is 4.73. The Labute approximate surface area is 116 Å². The monoisotopic (exact) mass is 256 g/mol. The van der Waals surface area contributed by atoms with E-state index in [0.717, 1.165) is 18.7 Å². The van der Waals surface area contributed by atoms with Gasteiger partial charge in [-0.2, -0.15) is 0 Å². The lowest BCUT2D eigenvalue weighted by Gasteiger charge is -2.27. The molecule has 1 aromatic carbocycles. The number of benzene rings is 1. The third kappa shape index (κ3) is 3.69. The zero-order valence-corrected chi connectivity index (χ0v) is 12.7. The molecule has 0 bridgehead atoms. The molecule has 0 saturated carbocycles. The standard InChI is InChI=1S/C17H24N2/c1-12-6-9-14(10-7-12)15-11-8-13(2)18-16(15)19-17(3,4)5/h6-7,9-10,19H,8,11H2,1-5H3. The Morgan fingerprint density at radius 3 is 2.21 bits per heavy atom. The van der Waals surface area contributed by atoms with Crippen LogP contribution >= 0.6 is 0 Å². The number of aliphatic imine (C=N–C) groups is 1. The lowest BCUT2D eigenvalue weighted by atomic mass is 9.96. The molecule has 0 aliphatic carbocycles. The van der Waals surface area contributed by atoms with Crippen molar-refractivity contribution >= 4 is 11.3 Å². The van der Waals surface area contributed by atoms with Gasteiger partial charge in [0.2, 0.25) is 0 Å². The first-order chi connectivity index (χ1) is 8.85. The summed E-state index contributed by atoms with van der Waals surface area (Å²) in [6.45, 7) is 10.7. The highest BCUT2D eigenvalue weighted by molar-refractivity contribution is 5.88. The van der Waals surface area contributed by atoms with Crippen LogP contribution in [-0.4, -0.2) is 11.3 Å². The van der Waals surface area contributed by atoms with Crippen LogP contribution in [-0.2, 0) is 0 Å². The van der Waals surface area contributed by atoms with Crippen molar-refractivity contribution in [1.29, 1.82) is 0 Å². The minimum atomic E-state index is 0.0341. The zero-order valence-electron chi connectivity index (χ0n) is 12.7. The van der Waals surface area contributed by atoms with E-state index in [2.05, 4.69) is 64.2 Å². The molecular formula is C17H24N2. The van der Waals surface area contributed by atoms with E-state index in [9.17, 15) is 0 Å². The molecule has 1 N–H and O–H groups in total. The van der Waals surface area contributed by atoms with Crippen LogP contribution in [0.2, 0.25) is 0 Å². The minimum Gasteiger partial charge on any atom is -0.365 e. The van der Waals surface area contributed by atoms with Crippen molar-refractivity contribution in [1.82, 2.24) is 5.32 Å². The van der Waals surface area contributed by atoms with E-state index in [1.54, 1.807) is 0 Å². The summed E-state index contributed by atoms with van der Waals surface area (Å²) in [5, 5.41) is 3.54. The van der Waals surface area contributed by atoms with Crippen LogP contribution in [0.15, 0.2) is 35.1 Å². The van der Waals surface area contributed by atoms with Crippen molar-refractivity contribution in [3.8, 4) is 0 Å². The van der Waals surface area contributed by atoms with Crippen LogP contribution < -0.4 is 5.32 Å². The number of hydrogen-bond acceptors (Lipinski definition) is 2. The second-order valence-electron chi connectivity index (χ2n) is 6.42. The number of aryl methyl sites for hydroxylation is 1. The van der Waals surface area contributed by atoms with Gasteiger partial charge in [0.1, 0.15) is 5.82 Å². The number of rotatable bonds is 2. The fraction of sp³-hybridized carbons (Fsp3) is 0.471. The van der Waals surface area contributed by atoms with Crippen LogP contribution in [0.3, 0.4) is 0 Å².